The Morgan fingerprint density at radius 3 is 1.68 bits per heavy atom. The molecule has 0 spiro atoms. The van der Waals surface area contributed by atoms with Gasteiger partial charge in [-0.2, -0.15) is 0 Å². The first kappa shape index (κ1) is 30.5. The summed E-state index contributed by atoms with van der Waals surface area (Å²) in [6.07, 6.45) is 26.1. The van der Waals surface area contributed by atoms with E-state index < -0.39 is 0 Å². The summed E-state index contributed by atoms with van der Waals surface area (Å²) < 4.78 is 12.1. The molecule has 1 aromatic heterocycles. The molecule has 0 saturated heterocycles. The van der Waals surface area contributed by atoms with E-state index in [9.17, 15) is 0 Å². The molecule has 3 rings (SSSR count). The van der Waals surface area contributed by atoms with Gasteiger partial charge in [0.2, 0.25) is 5.88 Å². The van der Waals surface area contributed by atoms with E-state index in [-0.39, 0.29) is 0 Å². The highest BCUT2D eigenvalue weighted by Gasteiger charge is 2.18. The number of pyridine rings is 1. The van der Waals surface area contributed by atoms with Crippen LogP contribution in [0.25, 0.3) is 11.1 Å². The van der Waals surface area contributed by atoms with Crippen molar-refractivity contribution in [3.05, 3.63) is 41.6 Å². The third-order valence-electron chi connectivity index (χ3n) is 7.96. The lowest BCUT2D eigenvalue weighted by atomic mass is 9.88. The Morgan fingerprint density at radius 2 is 1.08 bits per heavy atom. The molecule has 1 aromatic carbocycles. The maximum Gasteiger partial charge on any atom is 0.213 e. The van der Waals surface area contributed by atoms with Crippen LogP contribution >= 0.6 is 0 Å². The van der Waals surface area contributed by atoms with Crippen LogP contribution in [0.4, 0.5) is 0 Å². The highest BCUT2D eigenvalue weighted by atomic mass is 16.5. The van der Waals surface area contributed by atoms with Gasteiger partial charge in [0.05, 0.1) is 18.9 Å². The standard InChI is InChI=1S/C35H55NO2/c1-3-5-7-9-11-13-14-16-17-19-27-37-31-22-23-32-30(29-31)21-25-34-33(32)24-26-35(36-34)38-28-20-18-15-12-10-8-6-4-2/h22-24,26,29H,3-21,25,27-28H2,1-2H3. The molecule has 1 heterocycles. The maximum absolute atomic E-state index is 6.11. The Labute approximate surface area is 234 Å². The van der Waals surface area contributed by atoms with Crippen molar-refractivity contribution in [2.75, 3.05) is 13.2 Å². The van der Waals surface area contributed by atoms with Gasteiger partial charge in [-0.15, -0.1) is 0 Å². The van der Waals surface area contributed by atoms with E-state index in [1.54, 1.807) is 0 Å². The van der Waals surface area contributed by atoms with Crippen molar-refractivity contribution in [1.29, 1.82) is 0 Å². The van der Waals surface area contributed by atoms with E-state index >= 15 is 0 Å². The zero-order valence-electron chi connectivity index (χ0n) is 24.7. The molecule has 0 fully saturated rings. The molecule has 1 aliphatic rings. The summed E-state index contributed by atoms with van der Waals surface area (Å²) >= 11 is 0. The lowest BCUT2D eigenvalue weighted by Crippen LogP contribution is -2.08. The summed E-state index contributed by atoms with van der Waals surface area (Å²) in [4.78, 5) is 4.86. The van der Waals surface area contributed by atoms with Crippen molar-refractivity contribution < 1.29 is 9.47 Å². The van der Waals surface area contributed by atoms with Crippen LogP contribution in [0.1, 0.15) is 141 Å². The summed E-state index contributed by atoms with van der Waals surface area (Å²) in [6.45, 7) is 6.16. The zero-order valence-corrected chi connectivity index (χ0v) is 24.7. The van der Waals surface area contributed by atoms with Crippen LogP contribution in [0.3, 0.4) is 0 Å². The van der Waals surface area contributed by atoms with E-state index in [4.69, 9.17) is 14.5 Å². The highest BCUT2D eigenvalue weighted by Crippen LogP contribution is 2.35. The lowest BCUT2D eigenvalue weighted by Gasteiger charge is -2.20. The van der Waals surface area contributed by atoms with Gasteiger partial charge in [-0.25, -0.2) is 4.98 Å². The molecular weight excluding hydrogens is 466 g/mol. The Balaban J connectivity index is 1.32. The Hall–Kier alpha value is -2.03. The first-order valence-corrected chi connectivity index (χ1v) is 16.2. The number of benzene rings is 1. The fraction of sp³-hybridized carbons (Fsp3) is 0.686. The van der Waals surface area contributed by atoms with Gasteiger partial charge in [-0.1, -0.05) is 123 Å². The second-order valence-electron chi connectivity index (χ2n) is 11.3. The lowest BCUT2D eigenvalue weighted by molar-refractivity contribution is 0.292. The third-order valence-corrected chi connectivity index (χ3v) is 7.96. The number of ether oxygens (including phenoxy) is 2. The van der Waals surface area contributed by atoms with Crippen LogP contribution < -0.4 is 9.47 Å². The smallest absolute Gasteiger partial charge is 0.213 e. The number of hydrogen-bond acceptors (Lipinski definition) is 3. The molecular formula is C35H55NO2. The minimum Gasteiger partial charge on any atom is -0.494 e. The number of aromatic nitrogens is 1. The minimum absolute atomic E-state index is 0.775. The van der Waals surface area contributed by atoms with Crippen molar-refractivity contribution in [1.82, 2.24) is 4.98 Å². The van der Waals surface area contributed by atoms with Gasteiger partial charge in [-0.3, -0.25) is 0 Å². The number of aryl methyl sites for hydroxylation is 2. The second-order valence-corrected chi connectivity index (χ2v) is 11.3. The van der Waals surface area contributed by atoms with Gasteiger partial charge in [-0.05, 0) is 55.0 Å². The van der Waals surface area contributed by atoms with Crippen LogP contribution in [0.2, 0.25) is 0 Å². The number of hydrogen-bond donors (Lipinski definition) is 0. The van der Waals surface area contributed by atoms with Crippen LogP contribution in [0.15, 0.2) is 30.3 Å². The van der Waals surface area contributed by atoms with Gasteiger partial charge >= 0.3 is 0 Å². The van der Waals surface area contributed by atoms with Crippen molar-refractivity contribution in [2.45, 2.75) is 142 Å². The SMILES string of the molecule is CCCCCCCCCCCCOc1ccc2c(c1)CCc1nc(OCCCCCCCCCC)ccc1-2. The number of fused-ring (bicyclic) bond motifs is 3. The Morgan fingerprint density at radius 1 is 0.553 bits per heavy atom. The largest absolute Gasteiger partial charge is 0.494 e. The number of rotatable bonds is 22. The molecule has 2 aromatic rings. The number of unbranched alkanes of at least 4 members (excludes halogenated alkanes) is 16. The Bertz CT molecular complexity index is 893. The molecule has 0 atom stereocenters. The van der Waals surface area contributed by atoms with Crippen molar-refractivity contribution >= 4 is 0 Å². The Kier molecular flexibility index (Phi) is 15.3. The molecule has 0 bridgehead atoms. The van der Waals surface area contributed by atoms with Crippen LogP contribution in [-0.4, -0.2) is 18.2 Å². The van der Waals surface area contributed by atoms with Gasteiger partial charge < -0.3 is 9.47 Å². The van der Waals surface area contributed by atoms with Gasteiger partial charge in [0.25, 0.3) is 0 Å². The molecule has 3 nitrogen and oxygen atoms in total. The molecule has 0 radical (unpaired) electrons. The molecule has 212 valence electrons. The van der Waals surface area contributed by atoms with E-state index in [2.05, 4.69) is 38.1 Å². The average Bonchev–Trinajstić information content (AvgIpc) is 2.94. The van der Waals surface area contributed by atoms with Gasteiger partial charge in [0, 0.05) is 11.6 Å². The fourth-order valence-electron chi connectivity index (χ4n) is 5.57. The van der Waals surface area contributed by atoms with Crippen LogP contribution in [-0.2, 0) is 12.8 Å². The zero-order chi connectivity index (χ0) is 26.7. The minimum atomic E-state index is 0.775. The molecule has 3 heteroatoms. The summed E-state index contributed by atoms with van der Waals surface area (Å²) in [5.41, 5.74) is 5.11. The molecule has 0 unspecified atom stereocenters. The van der Waals surface area contributed by atoms with E-state index in [0.29, 0.717) is 0 Å². The monoisotopic (exact) mass is 521 g/mol. The third kappa shape index (κ3) is 11.4. The predicted octanol–water partition coefficient (Wildman–Crippen LogP) is 10.7. The maximum atomic E-state index is 6.11. The first-order valence-electron chi connectivity index (χ1n) is 16.2. The molecule has 1 aliphatic carbocycles. The average molecular weight is 522 g/mol. The van der Waals surface area contributed by atoms with Crippen molar-refractivity contribution in [2.24, 2.45) is 0 Å². The van der Waals surface area contributed by atoms with Gasteiger partial charge in [0.15, 0.2) is 0 Å². The van der Waals surface area contributed by atoms with E-state index in [1.165, 1.54) is 125 Å². The van der Waals surface area contributed by atoms with Crippen molar-refractivity contribution in [3.8, 4) is 22.8 Å². The topological polar surface area (TPSA) is 31.4 Å². The summed E-state index contributed by atoms with van der Waals surface area (Å²) in [6, 6.07) is 10.9. The quantitative estimate of drug-likeness (QED) is 0.144. The fourth-order valence-corrected chi connectivity index (χ4v) is 5.57. The van der Waals surface area contributed by atoms with Crippen LogP contribution in [0, 0.1) is 0 Å². The number of nitrogens with zero attached hydrogens (tertiary/aromatic N) is 1. The molecule has 0 aliphatic heterocycles. The first-order chi connectivity index (χ1) is 18.8. The summed E-state index contributed by atoms with van der Waals surface area (Å²) in [5.74, 6) is 1.80. The molecule has 38 heavy (non-hydrogen) atoms. The molecule has 0 saturated carbocycles. The normalized spacial score (nSPS) is 12.3. The van der Waals surface area contributed by atoms with Crippen molar-refractivity contribution in [3.63, 3.8) is 0 Å². The molecule has 0 amide bonds. The predicted molar refractivity (Wildman–Crippen MR) is 163 cm³/mol. The van der Waals surface area contributed by atoms with E-state index in [1.807, 2.05) is 6.07 Å². The van der Waals surface area contributed by atoms with Gasteiger partial charge in [0.1, 0.15) is 5.75 Å². The highest BCUT2D eigenvalue weighted by molar-refractivity contribution is 5.73. The second kappa shape index (κ2) is 19.1. The molecule has 0 N–H and O–H groups in total. The van der Waals surface area contributed by atoms with Crippen LogP contribution in [0.5, 0.6) is 11.6 Å². The van der Waals surface area contributed by atoms with E-state index in [0.717, 1.165) is 50.5 Å². The summed E-state index contributed by atoms with van der Waals surface area (Å²) in [7, 11) is 0. The summed E-state index contributed by atoms with van der Waals surface area (Å²) in [5, 5.41) is 0.